The van der Waals surface area contributed by atoms with Gasteiger partial charge in [0.2, 0.25) is 0 Å². The van der Waals surface area contributed by atoms with Crippen molar-refractivity contribution in [1.82, 2.24) is 5.32 Å². The van der Waals surface area contributed by atoms with E-state index < -0.39 is 17.2 Å². The second-order valence-corrected chi connectivity index (χ2v) is 4.10. The molecular formula is C11H10F2N2O. The fraction of sp³-hybridized carbons (Fsp3) is 0.273. The minimum Gasteiger partial charge on any atom is -0.308 e. The molecule has 0 atom stereocenters. The van der Waals surface area contributed by atoms with E-state index in [1.54, 1.807) is 13.8 Å². The molecule has 1 aromatic carbocycles. The van der Waals surface area contributed by atoms with Crippen LogP contribution in [0.2, 0.25) is 0 Å². The molecule has 5 heteroatoms. The molecule has 0 saturated carbocycles. The van der Waals surface area contributed by atoms with Crippen LogP contribution in [0.3, 0.4) is 0 Å². The van der Waals surface area contributed by atoms with Gasteiger partial charge in [-0.15, -0.1) is 0 Å². The number of rotatable bonds is 1. The lowest BCUT2D eigenvalue weighted by Crippen LogP contribution is -2.34. The van der Waals surface area contributed by atoms with Gasteiger partial charge in [0.15, 0.2) is 11.6 Å². The highest BCUT2D eigenvalue weighted by molar-refractivity contribution is 6.15. The summed E-state index contributed by atoms with van der Waals surface area (Å²) >= 11 is 0. The summed E-state index contributed by atoms with van der Waals surface area (Å²) in [5.74, 6) is -1.87. The van der Waals surface area contributed by atoms with Crippen molar-refractivity contribution in [1.29, 1.82) is 0 Å². The zero-order valence-electron chi connectivity index (χ0n) is 8.84. The number of carbonyl (C=O) groups is 1. The highest BCUT2D eigenvalue weighted by Crippen LogP contribution is 2.18. The van der Waals surface area contributed by atoms with Crippen molar-refractivity contribution < 1.29 is 13.6 Å². The first-order chi connectivity index (χ1) is 7.40. The van der Waals surface area contributed by atoms with Crippen molar-refractivity contribution >= 4 is 11.7 Å². The van der Waals surface area contributed by atoms with E-state index in [0.717, 1.165) is 12.1 Å². The third-order valence-corrected chi connectivity index (χ3v) is 2.37. The molecule has 0 unspecified atom stereocenters. The van der Waals surface area contributed by atoms with Gasteiger partial charge in [-0.1, -0.05) is 0 Å². The van der Waals surface area contributed by atoms with E-state index in [-0.39, 0.29) is 11.7 Å². The summed E-state index contributed by atoms with van der Waals surface area (Å²) in [6.45, 7) is 3.30. The van der Waals surface area contributed by atoms with Gasteiger partial charge in [-0.2, -0.15) is 0 Å². The molecule has 84 valence electrons. The van der Waals surface area contributed by atoms with Crippen LogP contribution in [0.25, 0.3) is 0 Å². The van der Waals surface area contributed by atoms with Gasteiger partial charge in [-0.3, -0.25) is 9.79 Å². The van der Waals surface area contributed by atoms with Crippen molar-refractivity contribution in [3.05, 3.63) is 35.4 Å². The van der Waals surface area contributed by atoms with E-state index >= 15 is 0 Å². The SMILES string of the molecule is CC1(C)N=C(c2ccc(F)c(F)c2)NC1=O. The zero-order valence-corrected chi connectivity index (χ0v) is 8.84. The number of amides is 1. The molecule has 1 N–H and O–H groups in total. The fourth-order valence-electron chi connectivity index (χ4n) is 1.40. The molecule has 1 heterocycles. The summed E-state index contributed by atoms with van der Waals surface area (Å²) in [4.78, 5) is 15.5. The molecule has 1 aliphatic heterocycles. The van der Waals surface area contributed by atoms with Gasteiger partial charge in [0.1, 0.15) is 11.4 Å². The van der Waals surface area contributed by atoms with Crippen LogP contribution in [0, 0.1) is 11.6 Å². The smallest absolute Gasteiger partial charge is 0.252 e. The highest BCUT2D eigenvalue weighted by Gasteiger charge is 2.34. The summed E-state index contributed by atoms with van der Waals surface area (Å²) in [5, 5.41) is 2.53. The van der Waals surface area contributed by atoms with E-state index in [0.29, 0.717) is 5.56 Å². The summed E-state index contributed by atoms with van der Waals surface area (Å²) in [7, 11) is 0. The van der Waals surface area contributed by atoms with Crippen molar-refractivity contribution in [3.8, 4) is 0 Å². The zero-order chi connectivity index (χ0) is 11.9. The van der Waals surface area contributed by atoms with Crippen molar-refractivity contribution in [2.45, 2.75) is 19.4 Å². The second kappa shape index (κ2) is 3.37. The van der Waals surface area contributed by atoms with Crippen LogP contribution >= 0.6 is 0 Å². The first-order valence-electron chi connectivity index (χ1n) is 4.77. The molecule has 2 rings (SSSR count). The predicted octanol–water partition coefficient (Wildman–Crippen LogP) is 1.62. The topological polar surface area (TPSA) is 41.5 Å². The number of hydrogen-bond acceptors (Lipinski definition) is 2. The third-order valence-electron chi connectivity index (χ3n) is 2.37. The van der Waals surface area contributed by atoms with E-state index in [4.69, 9.17) is 0 Å². The van der Waals surface area contributed by atoms with Gasteiger partial charge in [0.25, 0.3) is 5.91 Å². The van der Waals surface area contributed by atoms with Gasteiger partial charge in [0, 0.05) is 5.56 Å². The molecule has 0 bridgehead atoms. The Bertz CT molecular complexity index is 495. The lowest BCUT2D eigenvalue weighted by Gasteiger charge is -2.07. The number of hydrogen-bond donors (Lipinski definition) is 1. The summed E-state index contributed by atoms with van der Waals surface area (Å²) in [6.07, 6.45) is 0. The van der Waals surface area contributed by atoms with Crippen molar-refractivity contribution in [3.63, 3.8) is 0 Å². The summed E-state index contributed by atoms with van der Waals surface area (Å²) < 4.78 is 25.7. The Hall–Kier alpha value is -1.78. The molecule has 0 aromatic heterocycles. The van der Waals surface area contributed by atoms with Crippen molar-refractivity contribution in [2.24, 2.45) is 4.99 Å². The first-order valence-corrected chi connectivity index (χ1v) is 4.77. The Balaban J connectivity index is 2.40. The number of halogens is 2. The Kier molecular flexibility index (Phi) is 2.26. The Labute approximate surface area is 91.2 Å². The molecule has 1 amide bonds. The van der Waals surface area contributed by atoms with Gasteiger partial charge in [-0.25, -0.2) is 8.78 Å². The lowest BCUT2D eigenvalue weighted by atomic mass is 10.1. The van der Waals surface area contributed by atoms with Gasteiger partial charge in [-0.05, 0) is 32.0 Å². The molecule has 0 aliphatic carbocycles. The minimum absolute atomic E-state index is 0.257. The van der Waals surface area contributed by atoms with Crippen LogP contribution in [0.15, 0.2) is 23.2 Å². The number of carbonyl (C=O) groups excluding carboxylic acids is 1. The van der Waals surface area contributed by atoms with Gasteiger partial charge < -0.3 is 5.32 Å². The number of benzene rings is 1. The van der Waals surface area contributed by atoms with E-state index in [9.17, 15) is 13.6 Å². The fourth-order valence-corrected chi connectivity index (χ4v) is 1.40. The number of nitrogens with zero attached hydrogens (tertiary/aromatic N) is 1. The molecule has 1 aromatic rings. The van der Waals surface area contributed by atoms with Gasteiger partial charge >= 0.3 is 0 Å². The van der Waals surface area contributed by atoms with Crippen LogP contribution in [-0.2, 0) is 4.79 Å². The van der Waals surface area contributed by atoms with E-state index in [2.05, 4.69) is 10.3 Å². The van der Waals surface area contributed by atoms with Crippen LogP contribution in [0.4, 0.5) is 8.78 Å². The third kappa shape index (κ3) is 1.68. The Morgan fingerprint density at radius 1 is 1.25 bits per heavy atom. The first kappa shape index (κ1) is 10.7. The molecule has 3 nitrogen and oxygen atoms in total. The average Bonchev–Trinajstić information content (AvgIpc) is 2.46. The van der Waals surface area contributed by atoms with Crippen LogP contribution in [0.5, 0.6) is 0 Å². The maximum absolute atomic E-state index is 13.0. The van der Waals surface area contributed by atoms with Crippen LogP contribution in [-0.4, -0.2) is 17.3 Å². The maximum atomic E-state index is 13.0. The highest BCUT2D eigenvalue weighted by atomic mass is 19.2. The van der Waals surface area contributed by atoms with Crippen LogP contribution in [0.1, 0.15) is 19.4 Å². The molecule has 0 radical (unpaired) electrons. The average molecular weight is 224 g/mol. The van der Waals surface area contributed by atoms with Crippen LogP contribution < -0.4 is 5.32 Å². The summed E-state index contributed by atoms with van der Waals surface area (Å²) in [6, 6.07) is 3.39. The van der Waals surface area contributed by atoms with E-state index in [1.165, 1.54) is 6.07 Å². The number of nitrogens with one attached hydrogen (secondary N) is 1. The maximum Gasteiger partial charge on any atom is 0.252 e. The molecule has 16 heavy (non-hydrogen) atoms. The molecule has 0 spiro atoms. The Morgan fingerprint density at radius 3 is 2.44 bits per heavy atom. The molecule has 0 fully saturated rings. The van der Waals surface area contributed by atoms with Crippen molar-refractivity contribution in [2.75, 3.05) is 0 Å². The lowest BCUT2D eigenvalue weighted by molar-refractivity contribution is -0.122. The second-order valence-electron chi connectivity index (χ2n) is 4.10. The van der Waals surface area contributed by atoms with E-state index in [1.807, 2.05) is 0 Å². The number of aliphatic imine (C=N–C) groups is 1. The molecule has 0 saturated heterocycles. The summed E-state index contributed by atoms with van der Waals surface area (Å²) in [5.41, 5.74) is -0.502. The quantitative estimate of drug-likeness (QED) is 0.773. The number of amidine groups is 1. The largest absolute Gasteiger partial charge is 0.308 e. The normalized spacial score (nSPS) is 18.2. The van der Waals surface area contributed by atoms with Gasteiger partial charge in [0.05, 0.1) is 0 Å². The minimum atomic E-state index is -0.959. The monoisotopic (exact) mass is 224 g/mol. The Morgan fingerprint density at radius 2 is 1.94 bits per heavy atom. The predicted molar refractivity (Wildman–Crippen MR) is 55.1 cm³/mol. The standard InChI is InChI=1S/C11H10F2N2O/c1-11(2)10(16)14-9(15-11)6-3-4-7(12)8(13)5-6/h3-5H,1-2H3,(H,14,15,16). The molecular weight excluding hydrogens is 214 g/mol. The molecule has 1 aliphatic rings.